The van der Waals surface area contributed by atoms with Crippen molar-refractivity contribution in [2.45, 2.75) is 13.1 Å². The van der Waals surface area contributed by atoms with Crippen molar-refractivity contribution in [3.63, 3.8) is 0 Å². The highest BCUT2D eigenvalue weighted by molar-refractivity contribution is 9.10. The van der Waals surface area contributed by atoms with Crippen LogP contribution >= 0.6 is 15.9 Å². The fraction of sp³-hybridized carbons (Fsp3) is 0.263. The number of aromatic nitrogens is 2. The van der Waals surface area contributed by atoms with Crippen molar-refractivity contribution in [2.75, 3.05) is 21.3 Å². The van der Waals surface area contributed by atoms with Gasteiger partial charge in [-0.25, -0.2) is 4.98 Å². The summed E-state index contributed by atoms with van der Waals surface area (Å²) in [5, 5.41) is 0. The number of quaternary nitrogens is 1. The Labute approximate surface area is 160 Å². The second-order valence-corrected chi connectivity index (χ2v) is 7.08. The third-order valence-corrected chi connectivity index (χ3v) is 4.58. The Morgan fingerprint density at radius 1 is 1.08 bits per heavy atom. The summed E-state index contributed by atoms with van der Waals surface area (Å²) in [5.74, 6) is 1.43. The lowest BCUT2D eigenvalue weighted by molar-refractivity contribution is -0.908. The van der Waals surface area contributed by atoms with Gasteiger partial charge in [-0.1, -0.05) is 0 Å². The molecule has 26 heavy (non-hydrogen) atoms. The molecule has 0 spiro atoms. The van der Waals surface area contributed by atoms with Crippen molar-refractivity contribution >= 4 is 21.6 Å². The number of methoxy groups -OCH3 is 2. The zero-order valence-corrected chi connectivity index (χ0v) is 16.5. The van der Waals surface area contributed by atoms with Crippen LogP contribution in [0.2, 0.25) is 0 Å². The zero-order chi connectivity index (χ0) is 18.7. The Kier molecular flexibility index (Phi) is 5.58. The molecular weight excluding hydrogens is 398 g/mol. The van der Waals surface area contributed by atoms with Crippen LogP contribution in [0, 0.1) is 0 Å². The van der Waals surface area contributed by atoms with E-state index in [4.69, 9.17) is 9.47 Å². The summed E-state index contributed by atoms with van der Waals surface area (Å²) in [5.41, 5.74) is 2.47. The number of rotatable bonds is 6. The minimum absolute atomic E-state index is 0.0785. The van der Waals surface area contributed by atoms with Gasteiger partial charge >= 0.3 is 0 Å². The lowest BCUT2D eigenvalue weighted by Crippen LogP contribution is -3.06. The summed E-state index contributed by atoms with van der Waals surface area (Å²) in [4.78, 5) is 18.1. The standard InChI is InChI=1S/C19H20BrN3O3/c1-22(10-13-4-6-16(25-2)17(8-13)26-3)12-15-9-19(24)23-11-14(20)5-7-18(23)21-15/h4-9,11H,10,12H2,1-3H3/p+1. The van der Waals surface area contributed by atoms with Crippen LogP contribution in [0.4, 0.5) is 0 Å². The Hall–Kier alpha value is -2.38. The van der Waals surface area contributed by atoms with Gasteiger partial charge in [0.05, 0.1) is 21.3 Å². The van der Waals surface area contributed by atoms with E-state index in [0.717, 1.165) is 22.3 Å². The number of nitrogens with one attached hydrogen (secondary N) is 1. The lowest BCUT2D eigenvalue weighted by Gasteiger charge is -2.15. The van der Waals surface area contributed by atoms with Gasteiger partial charge < -0.3 is 14.4 Å². The van der Waals surface area contributed by atoms with Gasteiger partial charge in [-0.2, -0.15) is 0 Å². The van der Waals surface area contributed by atoms with Gasteiger partial charge in [0, 0.05) is 22.3 Å². The average molecular weight is 419 g/mol. The highest BCUT2D eigenvalue weighted by Crippen LogP contribution is 2.27. The third kappa shape index (κ3) is 4.05. The maximum absolute atomic E-state index is 12.3. The van der Waals surface area contributed by atoms with E-state index >= 15 is 0 Å². The molecular formula is C19H21BrN3O3+. The van der Waals surface area contributed by atoms with Crippen LogP contribution in [-0.4, -0.2) is 30.7 Å². The van der Waals surface area contributed by atoms with E-state index in [2.05, 4.69) is 28.0 Å². The minimum atomic E-state index is -0.0785. The SMILES string of the molecule is COc1ccc(C[NH+](C)Cc2cc(=O)n3cc(Br)ccc3n2)cc1OC. The Balaban J connectivity index is 1.78. The van der Waals surface area contributed by atoms with E-state index in [1.54, 1.807) is 26.5 Å². The average Bonchev–Trinajstić information content (AvgIpc) is 2.62. The van der Waals surface area contributed by atoms with E-state index < -0.39 is 0 Å². The van der Waals surface area contributed by atoms with Gasteiger partial charge in [0.2, 0.25) is 0 Å². The Morgan fingerprint density at radius 2 is 1.85 bits per heavy atom. The smallest absolute Gasteiger partial charge is 0.258 e. The van der Waals surface area contributed by atoms with Crippen LogP contribution < -0.4 is 19.9 Å². The first-order chi connectivity index (χ1) is 12.5. The fourth-order valence-electron chi connectivity index (χ4n) is 2.93. The molecule has 0 aliphatic rings. The molecule has 3 rings (SSSR count). The molecule has 0 radical (unpaired) electrons. The summed E-state index contributed by atoms with van der Waals surface area (Å²) < 4.78 is 13.0. The molecule has 1 aromatic carbocycles. The van der Waals surface area contributed by atoms with Crippen molar-refractivity contribution in [3.8, 4) is 11.5 Å². The molecule has 0 saturated carbocycles. The van der Waals surface area contributed by atoms with Gasteiger partial charge in [0.15, 0.2) is 11.5 Å². The van der Waals surface area contributed by atoms with Crippen molar-refractivity contribution in [3.05, 3.63) is 68.7 Å². The summed E-state index contributed by atoms with van der Waals surface area (Å²) in [6.45, 7) is 1.43. The van der Waals surface area contributed by atoms with Gasteiger partial charge in [-0.3, -0.25) is 9.20 Å². The molecule has 0 aliphatic heterocycles. The molecule has 0 amide bonds. The highest BCUT2D eigenvalue weighted by Gasteiger charge is 2.11. The molecule has 1 unspecified atom stereocenters. The molecule has 1 N–H and O–H groups in total. The summed E-state index contributed by atoms with van der Waals surface area (Å²) >= 11 is 3.37. The number of hydrogen-bond donors (Lipinski definition) is 1. The summed E-state index contributed by atoms with van der Waals surface area (Å²) in [6, 6.07) is 11.2. The number of halogens is 1. The maximum Gasteiger partial charge on any atom is 0.258 e. The van der Waals surface area contributed by atoms with Gasteiger partial charge in [0.25, 0.3) is 5.56 Å². The second kappa shape index (κ2) is 7.88. The van der Waals surface area contributed by atoms with Crippen molar-refractivity contribution in [1.82, 2.24) is 9.38 Å². The molecule has 1 atom stereocenters. The van der Waals surface area contributed by atoms with E-state index in [-0.39, 0.29) is 5.56 Å². The Morgan fingerprint density at radius 3 is 2.58 bits per heavy atom. The van der Waals surface area contributed by atoms with E-state index in [0.29, 0.717) is 23.7 Å². The maximum atomic E-state index is 12.3. The first kappa shape index (κ1) is 18.4. The molecule has 0 saturated heterocycles. The van der Waals surface area contributed by atoms with Crippen LogP contribution in [0.25, 0.3) is 5.65 Å². The van der Waals surface area contributed by atoms with Crippen LogP contribution in [0.15, 0.2) is 51.9 Å². The predicted octanol–water partition coefficient (Wildman–Crippen LogP) is 1.69. The number of benzene rings is 1. The molecule has 136 valence electrons. The molecule has 2 heterocycles. The van der Waals surface area contributed by atoms with E-state index in [9.17, 15) is 4.79 Å². The third-order valence-electron chi connectivity index (χ3n) is 4.11. The molecule has 3 aromatic rings. The topological polar surface area (TPSA) is 57.3 Å². The number of ether oxygens (including phenoxy) is 2. The molecule has 0 aliphatic carbocycles. The normalized spacial score (nSPS) is 12.2. The van der Waals surface area contributed by atoms with Gasteiger partial charge in [-0.05, 0) is 46.3 Å². The van der Waals surface area contributed by atoms with Crippen molar-refractivity contribution in [1.29, 1.82) is 0 Å². The zero-order valence-electron chi connectivity index (χ0n) is 15.0. The summed E-state index contributed by atoms with van der Waals surface area (Å²) in [6.07, 6.45) is 1.73. The largest absolute Gasteiger partial charge is 0.493 e. The number of pyridine rings is 1. The first-order valence-electron chi connectivity index (χ1n) is 8.20. The van der Waals surface area contributed by atoms with Crippen molar-refractivity contribution in [2.24, 2.45) is 0 Å². The molecule has 0 fully saturated rings. The molecule has 6 nitrogen and oxygen atoms in total. The molecule has 7 heteroatoms. The summed E-state index contributed by atoms with van der Waals surface area (Å²) in [7, 11) is 5.32. The number of hydrogen-bond acceptors (Lipinski definition) is 4. The number of nitrogens with zero attached hydrogens (tertiary/aromatic N) is 2. The molecule has 0 bridgehead atoms. The second-order valence-electron chi connectivity index (χ2n) is 6.16. The monoisotopic (exact) mass is 418 g/mol. The quantitative estimate of drug-likeness (QED) is 0.661. The van der Waals surface area contributed by atoms with Gasteiger partial charge in [0.1, 0.15) is 24.4 Å². The first-order valence-corrected chi connectivity index (χ1v) is 8.99. The van der Waals surface area contributed by atoms with E-state index in [1.165, 1.54) is 9.30 Å². The Bertz CT molecular complexity index is 987. The van der Waals surface area contributed by atoms with Crippen LogP contribution in [0.1, 0.15) is 11.3 Å². The predicted molar refractivity (Wildman–Crippen MR) is 103 cm³/mol. The fourth-order valence-corrected chi connectivity index (χ4v) is 3.26. The minimum Gasteiger partial charge on any atom is -0.493 e. The highest BCUT2D eigenvalue weighted by atomic mass is 79.9. The number of fused-ring (bicyclic) bond motifs is 1. The van der Waals surface area contributed by atoms with Crippen LogP contribution in [0.3, 0.4) is 0 Å². The van der Waals surface area contributed by atoms with Crippen LogP contribution in [-0.2, 0) is 13.1 Å². The van der Waals surface area contributed by atoms with E-state index in [1.807, 2.05) is 30.3 Å². The molecule has 2 aromatic heterocycles. The van der Waals surface area contributed by atoms with Gasteiger partial charge in [-0.15, -0.1) is 0 Å². The van der Waals surface area contributed by atoms with Crippen LogP contribution in [0.5, 0.6) is 11.5 Å². The lowest BCUT2D eigenvalue weighted by atomic mass is 10.2. The van der Waals surface area contributed by atoms with Crippen molar-refractivity contribution < 1.29 is 14.4 Å².